The molecule has 0 bridgehead atoms. The number of anilines is 1. The van der Waals surface area contributed by atoms with Crippen molar-refractivity contribution in [2.75, 3.05) is 18.0 Å². The van der Waals surface area contributed by atoms with Crippen LogP contribution in [0.25, 0.3) is 0 Å². The number of hydrogen-bond acceptors (Lipinski definition) is 4. The van der Waals surface area contributed by atoms with Gasteiger partial charge in [0.2, 0.25) is 0 Å². The number of imidazole rings is 1. The van der Waals surface area contributed by atoms with Crippen LogP contribution < -0.4 is 10.2 Å². The molecule has 1 saturated heterocycles. The quantitative estimate of drug-likeness (QED) is 0.923. The predicted octanol–water partition coefficient (Wildman–Crippen LogP) is 2.41. The second kappa shape index (κ2) is 6.83. The van der Waals surface area contributed by atoms with Crippen LogP contribution in [-0.4, -0.2) is 34.6 Å². The van der Waals surface area contributed by atoms with Gasteiger partial charge >= 0.3 is 0 Å². The first kappa shape index (κ1) is 16.6. The number of aryl methyl sites for hydroxylation is 2. The number of nitriles is 1. The third-order valence-corrected chi connectivity index (χ3v) is 5.27. The maximum atomic E-state index is 12.7. The Bertz CT molecular complexity index is 873. The van der Waals surface area contributed by atoms with Crippen LogP contribution in [0, 0.1) is 18.3 Å². The largest absolute Gasteiger partial charge is 0.370 e. The van der Waals surface area contributed by atoms with E-state index in [2.05, 4.69) is 25.8 Å². The lowest BCUT2D eigenvalue weighted by atomic mass is 10.0. The standard InChI is InChI=1S/C20H23N5O/c1-14-12-25-13-17(5-7-19(25)22-14)23-20(26)15-4-6-18(16(10-15)11-21)24-8-2-3-9-24/h4,6,10,12,17H,2-3,5,7-9,13H2,1H3,(H,23,26). The Kier molecular flexibility index (Phi) is 4.37. The van der Waals surface area contributed by atoms with Gasteiger partial charge in [-0.05, 0) is 44.4 Å². The minimum absolute atomic E-state index is 0.0902. The molecule has 2 aliphatic heterocycles. The summed E-state index contributed by atoms with van der Waals surface area (Å²) in [5, 5.41) is 12.6. The summed E-state index contributed by atoms with van der Waals surface area (Å²) in [4.78, 5) is 19.4. The van der Waals surface area contributed by atoms with Gasteiger partial charge in [-0.25, -0.2) is 4.98 Å². The molecular weight excluding hydrogens is 326 g/mol. The average Bonchev–Trinajstić information content (AvgIpc) is 3.29. The molecule has 1 aromatic heterocycles. The Morgan fingerprint density at radius 3 is 2.92 bits per heavy atom. The molecule has 1 N–H and O–H groups in total. The number of amides is 1. The second-order valence-electron chi connectivity index (χ2n) is 7.20. The number of fused-ring (bicyclic) bond motifs is 1. The van der Waals surface area contributed by atoms with Gasteiger partial charge in [0.1, 0.15) is 11.9 Å². The molecular formula is C20H23N5O. The number of nitrogens with zero attached hydrogens (tertiary/aromatic N) is 4. The summed E-state index contributed by atoms with van der Waals surface area (Å²) in [6.07, 6.45) is 6.11. The van der Waals surface area contributed by atoms with Crippen molar-refractivity contribution < 1.29 is 4.79 Å². The van der Waals surface area contributed by atoms with Crippen LogP contribution in [0.15, 0.2) is 24.4 Å². The van der Waals surface area contributed by atoms with Gasteiger partial charge in [-0.1, -0.05) is 0 Å². The lowest BCUT2D eigenvalue weighted by molar-refractivity contribution is 0.0927. The Hall–Kier alpha value is -2.81. The van der Waals surface area contributed by atoms with Crippen LogP contribution in [0.2, 0.25) is 0 Å². The van der Waals surface area contributed by atoms with Gasteiger partial charge in [0.15, 0.2) is 0 Å². The predicted molar refractivity (Wildman–Crippen MR) is 99.1 cm³/mol. The van der Waals surface area contributed by atoms with Crippen LogP contribution >= 0.6 is 0 Å². The van der Waals surface area contributed by atoms with Crippen molar-refractivity contribution >= 4 is 11.6 Å². The lowest BCUT2D eigenvalue weighted by Gasteiger charge is -2.25. The summed E-state index contributed by atoms with van der Waals surface area (Å²) in [7, 11) is 0. The Labute approximate surface area is 153 Å². The maximum Gasteiger partial charge on any atom is 0.251 e. The van der Waals surface area contributed by atoms with Crippen molar-refractivity contribution in [3.63, 3.8) is 0 Å². The molecule has 1 unspecified atom stereocenters. The van der Waals surface area contributed by atoms with Crippen LogP contribution in [0.1, 0.15) is 46.7 Å². The summed E-state index contributed by atoms with van der Waals surface area (Å²) in [6, 6.07) is 7.81. The molecule has 1 amide bonds. The van der Waals surface area contributed by atoms with E-state index < -0.39 is 0 Å². The van der Waals surface area contributed by atoms with Gasteiger partial charge in [0.05, 0.1) is 16.9 Å². The molecule has 0 saturated carbocycles. The first-order valence-electron chi connectivity index (χ1n) is 9.26. The zero-order valence-corrected chi connectivity index (χ0v) is 15.0. The zero-order chi connectivity index (χ0) is 18.1. The monoisotopic (exact) mass is 349 g/mol. The molecule has 2 aromatic rings. The van der Waals surface area contributed by atoms with E-state index in [0.717, 1.165) is 62.5 Å². The summed E-state index contributed by atoms with van der Waals surface area (Å²) in [6.45, 7) is 4.70. The molecule has 134 valence electrons. The molecule has 26 heavy (non-hydrogen) atoms. The molecule has 4 rings (SSSR count). The normalized spacial score (nSPS) is 19.1. The van der Waals surface area contributed by atoms with E-state index in [1.54, 1.807) is 6.07 Å². The Morgan fingerprint density at radius 1 is 1.35 bits per heavy atom. The summed E-state index contributed by atoms with van der Waals surface area (Å²) < 4.78 is 2.13. The van der Waals surface area contributed by atoms with E-state index in [0.29, 0.717) is 11.1 Å². The molecule has 1 aromatic carbocycles. The van der Waals surface area contributed by atoms with Crippen LogP contribution in [0.4, 0.5) is 5.69 Å². The fourth-order valence-corrected chi connectivity index (χ4v) is 3.97. The zero-order valence-electron chi connectivity index (χ0n) is 15.0. The molecule has 0 spiro atoms. The van der Waals surface area contributed by atoms with Gasteiger partial charge in [-0.15, -0.1) is 0 Å². The SMILES string of the molecule is Cc1cn2c(n1)CCC(NC(=O)c1ccc(N3CCCC3)c(C#N)c1)C2. The smallest absolute Gasteiger partial charge is 0.251 e. The summed E-state index contributed by atoms with van der Waals surface area (Å²) in [5.41, 5.74) is 3.09. The number of aromatic nitrogens is 2. The van der Waals surface area contributed by atoms with Crippen molar-refractivity contribution in [3.05, 3.63) is 47.0 Å². The van der Waals surface area contributed by atoms with Gasteiger partial charge < -0.3 is 14.8 Å². The Balaban J connectivity index is 1.47. The fraction of sp³-hybridized carbons (Fsp3) is 0.450. The summed E-state index contributed by atoms with van der Waals surface area (Å²) in [5.74, 6) is 0.981. The number of carbonyl (C=O) groups is 1. The van der Waals surface area contributed by atoms with Gasteiger partial charge in [0.25, 0.3) is 5.91 Å². The van der Waals surface area contributed by atoms with E-state index in [-0.39, 0.29) is 11.9 Å². The first-order valence-corrected chi connectivity index (χ1v) is 9.26. The third kappa shape index (κ3) is 3.17. The molecule has 3 heterocycles. The lowest BCUT2D eigenvalue weighted by Crippen LogP contribution is -2.40. The van der Waals surface area contributed by atoms with E-state index in [4.69, 9.17) is 0 Å². The average molecular weight is 349 g/mol. The van der Waals surface area contributed by atoms with E-state index in [1.165, 1.54) is 0 Å². The first-order chi connectivity index (χ1) is 12.6. The minimum Gasteiger partial charge on any atom is -0.370 e. The number of nitrogens with one attached hydrogen (secondary N) is 1. The topological polar surface area (TPSA) is 74.0 Å². The second-order valence-corrected chi connectivity index (χ2v) is 7.20. The molecule has 2 aliphatic rings. The molecule has 6 heteroatoms. The molecule has 0 radical (unpaired) electrons. The fourth-order valence-electron chi connectivity index (χ4n) is 3.97. The highest BCUT2D eigenvalue weighted by atomic mass is 16.1. The molecule has 6 nitrogen and oxygen atoms in total. The van der Waals surface area contributed by atoms with Crippen molar-refractivity contribution in [3.8, 4) is 6.07 Å². The number of carbonyl (C=O) groups excluding carboxylic acids is 1. The van der Waals surface area contributed by atoms with Crippen LogP contribution in [-0.2, 0) is 13.0 Å². The van der Waals surface area contributed by atoms with Gasteiger partial charge in [-0.2, -0.15) is 5.26 Å². The number of benzene rings is 1. The van der Waals surface area contributed by atoms with E-state index >= 15 is 0 Å². The highest BCUT2D eigenvalue weighted by molar-refractivity contribution is 5.95. The minimum atomic E-state index is -0.111. The van der Waals surface area contributed by atoms with Crippen molar-refractivity contribution in [1.29, 1.82) is 5.26 Å². The summed E-state index contributed by atoms with van der Waals surface area (Å²) >= 11 is 0. The van der Waals surface area contributed by atoms with Crippen molar-refractivity contribution in [1.82, 2.24) is 14.9 Å². The molecule has 0 aliphatic carbocycles. The highest BCUT2D eigenvalue weighted by Crippen LogP contribution is 2.25. The highest BCUT2D eigenvalue weighted by Gasteiger charge is 2.23. The van der Waals surface area contributed by atoms with Gasteiger partial charge in [-0.3, -0.25) is 4.79 Å². The maximum absolute atomic E-state index is 12.7. The third-order valence-electron chi connectivity index (χ3n) is 5.27. The van der Waals surface area contributed by atoms with Gasteiger partial charge in [0, 0.05) is 43.9 Å². The van der Waals surface area contributed by atoms with Crippen LogP contribution in [0.3, 0.4) is 0 Å². The molecule has 1 atom stereocenters. The van der Waals surface area contributed by atoms with E-state index in [1.807, 2.05) is 25.3 Å². The van der Waals surface area contributed by atoms with E-state index in [9.17, 15) is 10.1 Å². The number of hydrogen-bond donors (Lipinski definition) is 1. The van der Waals surface area contributed by atoms with Crippen molar-refractivity contribution in [2.24, 2.45) is 0 Å². The number of rotatable bonds is 3. The Morgan fingerprint density at radius 2 is 2.15 bits per heavy atom. The van der Waals surface area contributed by atoms with Crippen molar-refractivity contribution in [2.45, 2.75) is 45.2 Å². The molecule has 1 fully saturated rings. The van der Waals surface area contributed by atoms with Crippen LogP contribution in [0.5, 0.6) is 0 Å².